The van der Waals surface area contributed by atoms with Gasteiger partial charge in [0.1, 0.15) is 16.4 Å². The fourth-order valence-electron chi connectivity index (χ4n) is 3.36. The summed E-state index contributed by atoms with van der Waals surface area (Å²) in [5.41, 5.74) is 3.46. The Hall–Kier alpha value is -3.85. The van der Waals surface area contributed by atoms with Gasteiger partial charge in [-0.3, -0.25) is 4.79 Å². The average molecular weight is 510 g/mol. The maximum absolute atomic E-state index is 12.8. The number of benzene rings is 3. The van der Waals surface area contributed by atoms with Crippen LogP contribution in [0, 0.1) is 0 Å². The lowest BCUT2D eigenvalue weighted by atomic mass is 9.87. The van der Waals surface area contributed by atoms with Crippen molar-refractivity contribution in [1.29, 1.82) is 0 Å². The van der Waals surface area contributed by atoms with Crippen molar-refractivity contribution in [2.45, 2.75) is 38.0 Å². The zero-order chi connectivity index (χ0) is 26.5. The molecule has 0 bridgehead atoms. The maximum Gasteiger partial charge on any atom is 0.280 e. The molecule has 0 saturated carbocycles. The first kappa shape index (κ1) is 26.7. The average Bonchev–Trinajstić information content (AvgIpc) is 2.86. The highest BCUT2D eigenvalue weighted by atomic mass is 32.2. The summed E-state index contributed by atoms with van der Waals surface area (Å²) in [5, 5.41) is 6.90. The third kappa shape index (κ3) is 6.42. The SMILES string of the molecule is COc1ccc(OC)c(S(=O)(=O)N/N=C(/C)c2ccc(NC(=O)c3ccc(C(C)(C)C)cc3)cc2)c1. The Morgan fingerprint density at radius 1 is 0.861 bits per heavy atom. The molecule has 0 radical (unpaired) electrons. The van der Waals surface area contributed by atoms with E-state index in [9.17, 15) is 13.2 Å². The second kappa shape index (κ2) is 10.8. The van der Waals surface area contributed by atoms with Crippen LogP contribution >= 0.6 is 0 Å². The van der Waals surface area contributed by atoms with Gasteiger partial charge in [-0.05, 0) is 59.9 Å². The normalized spacial score (nSPS) is 12.1. The van der Waals surface area contributed by atoms with E-state index in [1.807, 2.05) is 24.3 Å². The number of nitrogens with one attached hydrogen (secondary N) is 2. The van der Waals surface area contributed by atoms with E-state index in [4.69, 9.17) is 9.47 Å². The van der Waals surface area contributed by atoms with E-state index in [1.54, 1.807) is 37.3 Å². The molecule has 9 heteroatoms. The summed E-state index contributed by atoms with van der Waals surface area (Å²) >= 11 is 0. The van der Waals surface area contributed by atoms with E-state index < -0.39 is 10.0 Å². The van der Waals surface area contributed by atoms with Gasteiger partial charge in [0.05, 0.1) is 19.9 Å². The molecule has 0 aromatic heterocycles. The Morgan fingerprint density at radius 3 is 2.03 bits per heavy atom. The van der Waals surface area contributed by atoms with Crippen molar-refractivity contribution in [2.75, 3.05) is 19.5 Å². The predicted molar refractivity (Wildman–Crippen MR) is 142 cm³/mol. The Bertz CT molecular complexity index is 1360. The third-order valence-electron chi connectivity index (χ3n) is 5.57. The third-order valence-corrected chi connectivity index (χ3v) is 6.80. The topological polar surface area (TPSA) is 106 Å². The van der Waals surface area contributed by atoms with Gasteiger partial charge in [-0.25, -0.2) is 0 Å². The van der Waals surface area contributed by atoms with Crippen molar-refractivity contribution in [3.63, 3.8) is 0 Å². The van der Waals surface area contributed by atoms with Crippen molar-refractivity contribution < 1.29 is 22.7 Å². The Kier molecular flexibility index (Phi) is 8.04. The minimum atomic E-state index is -4.01. The summed E-state index contributed by atoms with van der Waals surface area (Å²) in [7, 11) is -1.17. The van der Waals surface area contributed by atoms with Crippen LogP contribution in [-0.4, -0.2) is 34.3 Å². The monoisotopic (exact) mass is 509 g/mol. The summed E-state index contributed by atoms with van der Waals surface area (Å²) in [6.45, 7) is 8.04. The molecule has 3 aromatic carbocycles. The molecule has 190 valence electrons. The summed E-state index contributed by atoms with van der Waals surface area (Å²) in [6, 6.07) is 19.0. The number of sulfonamides is 1. The number of hydrazone groups is 1. The predicted octanol–water partition coefficient (Wildman–Crippen LogP) is 4.96. The van der Waals surface area contributed by atoms with Gasteiger partial charge >= 0.3 is 0 Å². The largest absolute Gasteiger partial charge is 0.497 e. The standard InChI is InChI=1S/C27H31N3O5S/c1-18(29-30-36(32,33)25-17-23(34-5)15-16-24(25)35-6)19-9-13-22(14-10-19)28-26(31)20-7-11-21(12-8-20)27(2,3)4/h7-17,30H,1-6H3,(H,28,31)/b29-18-. The van der Waals surface area contributed by atoms with Crippen LogP contribution in [0.3, 0.4) is 0 Å². The van der Waals surface area contributed by atoms with Gasteiger partial charge in [0.2, 0.25) is 0 Å². The van der Waals surface area contributed by atoms with Gasteiger partial charge in [-0.1, -0.05) is 45.0 Å². The Balaban J connectivity index is 1.70. The van der Waals surface area contributed by atoms with Gasteiger partial charge in [0.25, 0.3) is 15.9 Å². The smallest absolute Gasteiger partial charge is 0.280 e. The minimum absolute atomic E-state index is 0.0124. The molecular weight excluding hydrogens is 478 g/mol. The number of carbonyl (C=O) groups is 1. The molecule has 0 spiro atoms. The van der Waals surface area contributed by atoms with Crippen LogP contribution < -0.4 is 19.6 Å². The maximum atomic E-state index is 12.8. The van der Waals surface area contributed by atoms with Gasteiger partial charge in [-0.2, -0.15) is 18.4 Å². The Labute approximate surface area is 212 Å². The van der Waals surface area contributed by atoms with Crippen molar-refractivity contribution >= 4 is 27.3 Å². The minimum Gasteiger partial charge on any atom is -0.497 e. The molecule has 0 atom stereocenters. The van der Waals surface area contributed by atoms with E-state index in [-0.39, 0.29) is 22.0 Å². The first-order valence-corrected chi connectivity index (χ1v) is 12.7. The number of rotatable bonds is 8. The van der Waals surface area contributed by atoms with Crippen LogP contribution in [-0.2, 0) is 15.4 Å². The number of ether oxygens (including phenoxy) is 2. The molecule has 0 aliphatic rings. The van der Waals surface area contributed by atoms with Crippen LogP contribution in [0.5, 0.6) is 11.5 Å². The highest BCUT2D eigenvalue weighted by Crippen LogP contribution is 2.28. The molecule has 0 heterocycles. The van der Waals surface area contributed by atoms with Crippen LogP contribution in [0.1, 0.15) is 49.2 Å². The van der Waals surface area contributed by atoms with E-state index in [0.29, 0.717) is 28.3 Å². The molecule has 0 saturated heterocycles. The van der Waals surface area contributed by atoms with Crippen LogP contribution in [0.25, 0.3) is 0 Å². The molecule has 3 rings (SSSR count). The number of amides is 1. The molecule has 2 N–H and O–H groups in total. The lowest BCUT2D eigenvalue weighted by molar-refractivity contribution is 0.102. The summed E-state index contributed by atoms with van der Waals surface area (Å²) in [6.07, 6.45) is 0. The van der Waals surface area contributed by atoms with E-state index >= 15 is 0 Å². The molecule has 36 heavy (non-hydrogen) atoms. The summed E-state index contributed by atoms with van der Waals surface area (Å²) in [5.74, 6) is 0.331. The lowest BCUT2D eigenvalue weighted by Crippen LogP contribution is -2.20. The van der Waals surface area contributed by atoms with Gasteiger partial charge in [0, 0.05) is 17.3 Å². The zero-order valence-corrected chi connectivity index (χ0v) is 22.1. The van der Waals surface area contributed by atoms with Crippen LogP contribution in [0.4, 0.5) is 5.69 Å². The van der Waals surface area contributed by atoms with Crippen molar-refractivity contribution in [3.8, 4) is 11.5 Å². The van der Waals surface area contributed by atoms with E-state index in [2.05, 4.69) is 36.0 Å². The highest BCUT2D eigenvalue weighted by molar-refractivity contribution is 7.89. The molecule has 0 aliphatic heterocycles. The second-order valence-corrected chi connectivity index (χ2v) is 10.8. The number of nitrogens with zero attached hydrogens (tertiary/aromatic N) is 1. The molecule has 1 amide bonds. The number of hydrogen-bond donors (Lipinski definition) is 2. The van der Waals surface area contributed by atoms with E-state index in [0.717, 1.165) is 5.56 Å². The molecule has 3 aromatic rings. The number of methoxy groups -OCH3 is 2. The van der Waals surface area contributed by atoms with Crippen LogP contribution in [0.15, 0.2) is 76.7 Å². The fourth-order valence-corrected chi connectivity index (χ4v) is 4.40. The number of hydrogen-bond acceptors (Lipinski definition) is 6. The molecular formula is C27H31N3O5S. The lowest BCUT2D eigenvalue weighted by Gasteiger charge is -2.19. The number of anilines is 1. The Morgan fingerprint density at radius 2 is 1.47 bits per heavy atom. The van der Waals surface area contributed by atoms with Crippen LogP contribution in [0.2, 0.25) is 0 Å². The van der Waals surface area contributed by atoms with Crippen molar-refractivity contribution in [2.24, 2.45) is 5.10 Å². The highest BCUT2D eigenvalue weighted by Gasteiger charge is 2.20. The quantitative estimate of drug-likeness (QED) is 0.330. The van der Waals surface area contributed by atoms with Crippen molar-refractivity contribution in [1.82, 2.24) is 4.83 Å². The first-order chi connectivity index (χ1) is 16.9. The summed E-state index contributed by atoms with van der Waals surface area (Å²) < 4.78 is 35.9. The molecule has 0 unspecified atom stereocenters. The number of carbonyl (C=O) groups excluding carboxylic acids is 1. The molecule has 8 nitrogen and oxygen atoms in total. The first-order valence-electron chi connectivity index (χ1n) is 11.2. The molecule has 0 fully saturated rings. The fraction of sp³-hybridized carbons (Fsp3) is 0.259. The second-order valence-electron chi connectivity index (χ2n) is 9.17. The van der Waals surface area contributed by atoms with E-state index in [1.165, 1.54) is 26.4 Å². The summed E-state index contributed by atoms with van der Waals surface area (Å²) in [4.78, 5) is 14.8. The molecule has 0 aliphatic carbocycles. The van der Waals surface area contributed by atoms with Crippen molar-refractivity contribution in [3.05, 3.63) is 83.4 Å². The zero-order valence-electron chi connectivity index (χ0n) is 21.2. The van der Waals surface area contributed by atoms with Gasteiger partial charge < -0.3 is 14.8 Å². The van der Waals surface area contributed by atoms with Gasteiger partial charge in [-0.15, -0.1) is 0 Å². The van der Waals surface area contributed by atoms with Gasteiger partial charge in [0.15, 0.2) is 0 Å².